The minimum Gasteiger partial charge on any atom is -0.493 e. The Balaban J connectivity index is 1.70. The molecule has 0 unspecified atom stereocenters. The summed E-state index contributed by atoms with van der Waals surface area (Å²) < 4.78 is 14.9. The van der Waals surface area contributed by atoms with Crippen LogP contribution in [0.15, 0.2) is 55.1 Å². The zero-order valence-corrected chi connectivity index (χ0v) is 16.2. The highest BCUT2D eigenvalue weighted by Crippen LogP contribution is 2.32. The van der Waals surface area contributed by atoms with E-state index in [1.807, 2.05) is 47.0 Å². The zero-order chi connectivity index (χ0) is 19.5. The van der Waals surface area contributed by atoms with Gasteiger partial charge in [0, 0.05) is 11.3 Å². The number of aromatic nitrogens is 6. The second-order valence-corrected chi connectivity index (χ2v) is 6.40. The number of benzene rings is 2. The molecule has 0 aliphatic carbocycles. The Kier molecular flexibility index (Phi) is 4.90. The number of aromatic amines is 1. The molecule has 142 valence electrons. The molecular formula is C19H18N6O2S. The highest BCUT2D eigenvalue weighted by molar-refractivity contribution is 7.71. The monoisotopic (exact) mass is 394 g/mol. The van der Waals surface area contributed by atoms with Gasteiger partial charge in [-0.3, -0.25) is 9.67 Å². The summed E-state index contributed by atoms with van der Waals surface area (Å²) in [5.41, 5.74) is 2.87. The van der Waals surface area contributed by atoms with Crippen LogP contribution in [-0.2, 0) is 6.54 Å². The van der Waals surface area contributed by atoms with Crippen LogP contribution in [0.25, 0.3) is 17.1 Å². The average molecular weight is 394 g/mol. The molecule has 2 aromatic carbocycles. The third kappa shape index (κ3) is 3.39. The van der Waals surface area contributed by atoms with Crippen LogP contribution in [0.4, 0.5) is 0 Å². The molecular weight excluding hydrogens is 376 g/mol. The Labute approximate surface area is 166 Å². The van der Waals surface area contributed by atoms with Gasteiger partial charge in [-0.25, -0.2) is 9.67 Å². The van der Waals surface area contributed by atoms with Crippen LogP contribution in [0.1, 0.15) is 5.56 Å². The number of H-pyrrole nitrogens is 1. The van der Waals surface area contributed by atoms with Gasteiger partial charge in [-0.05, 0) is 48.1 Å². The maximum absolute atomic E-state index is 5.46. The Hall–Kier alpha value is -3.46. The first-order chi connectivity index (χ1) is 13.7. The molecule has 0 bridgehead atoms. The zero-order valence-electron chi connectivity index (χ0n) is 15.4. The third-order valence-electron chi connectivity index (χ3n) is 4.32. The van der Waals surface area contributed by atoms with Gasteiger partial charge in [0.1, 0.15) is 12.7 Å². The van der Waals surface area contributed by atoms with Gasteiger partial charge in [-0.15, -0.1) is 0 Å². The Bertz CT molecular complexity index is 1130. The summed E-state index contributed by atoms with van der Waals surface area (Å²) in [6.45, 7) is 0.652. The maximum atomic E-state index is 5.46. The van der Waals surface area contributed by atoms with Gasteiger partial charge < -0.3 is 9.47 Å². The third-order valence-corrected chi connectivity index (χ3v) is 4.59. The van der Waals surface area contributed by atoms with E-state index >= 15 is 0 Å². The molecule has 8 nitrogen and oxygen atoms in total. The Morgan fingerprint density at radius 2 is 1.82 bits per heavy atom. The van der Waals surface area contributed by atoms with Crippen molar-refractivity contribution < 1.29 is 9.47 Å². The number of nitrogens with one attached hydrogen (secondary N) is 1. The van der Waals surface area contributed by atoms with E-state index in [-0.39, 0.29) is 0 Å². The number of ether oxygens (including phenoxy) is 2. The van der Waals surface area contributed by atoms with Gasteiger partial charge in [0.05, 0.1) is 20.8 Å². The number of hydrogen-bond donors (Lipinski definition) is 1. The lowest BCUT2D eigenvalue weighted by Gasteiger charge is -2.11. The Morgan fingerprint density at radius 3 is 2.50 bits per heavy atom. The standard InChI is InChI=1S/C19H18N6O2S/c1-26-16-8-5-14(9-17(16)27-2)18-22-23-19(28)25(18)15-6-3-13(4-7-15)10-24-12-20-11-21-24/h3-9,11-12H,10H2,1-2H3,(H,23,28). The molecule has 0 fully saturated rings. The lowest BCUT2D eigenvalue weighted by Crippen LogP contribution is -2.02. The highest BCUT2D eigenvalue weighted by atomic mass is 32.1. The van der Waals surface area contributed by atoms with Crippen molar-refractivity contribution in [1.82, 2.24) is 29.5 Å². The summed E-state index contributed by atoms with van der Waals surface area (Å²) in [6, 6.07) is 13.7. The number of methoxy groups -OCH3 is 2. The average Bonchev–Trinajstić information content (AvgIpc) is 3.38. The fourth-order valence-corrected chi connectivity index (χ4v) is 3.19. The van der Waals surface area contributed by atoms with Gasteiger partial charge in [0.25, 0.3) is 0 Å². The van der Waals surface area contributed by atoms with Crippen molar-refractivity contribution in [2.45, 2.75) is 6.54 Å². The first-order valence-electron chi connectivity index (χ1n) is 8.51. The van der Waals surface area contributed by atoms with E-state index in [0.29, 0.717) is 28.6 Å². The molecule has 0 amide bonds. The van der Waals surface area contributed by atoms with Crippen LogP contribution in [0.2, 0.25) is 0 Å². The largest absolute Gasteiger partial charge is 0.493 e. The molecule has 4 aromatic rings. The highest BCUT2D eigenvalue weighted by Gasteiger charge is 2.14. The number of rotatable bonds is 6. The SMILES string of the molecule is COc1ccc(-c2n[nH]c(=S)n2-c2ccc(Cn3cncn3)cc2)cc1OC. The summed E-state index contributed by atoms with van der Waals surface area (Å²) in [7, 11) is 3.21. The number of nitrogens with zero attached hydrogens (tertiary/aromatic N) is 5. The molecule has 4 rings (SSSR count). The van der Waals surface area contributed by atoms with Crippen molar-refractivity contribution >= 4 is 12.2 Å². The summed E-state index contributed by atoms with van der Waals surface area (Å²) in [6.07, 6.45) is 3.21. The molecule has 0 saturated carbocycles. The molecule has 0 saturated heterocycles. The van der Waals surface area contributed by atoms with Gasteiger partial charge >= 0.3 is 0 Å². The quantitative estimate of drug-likeness (QED) is 0.506. The smallest absolute Gasteiger partial charge is 0.200 e. The van der Waals surface area contributed by atoms with Crippen molar-refractivity contribution in [3.05, 3.63) is 65.5 Å². The number of hydrogen-bond acceptors (Lipinski definition) is 6. The summed E-state index contributed by atoms with van der Waals surface area (Å²) in [4.78, 5) is 3.96. The molecule has 0 aliphatic rings. The van der Waals surface area contributed by atoms with Gasteiger partial charge in [-0.1, -0.05) is 12.1 Å². The molecule has 2 aromatic heterocycles. The van der Waals surface area contributed by atoms with E-state index in [2.05, 4.69) is 20.3 Å². The second kappa shape index (κ2) is 7.65. The minimum atomic E-state index is 0.508. The van der Waals surface area contributed by atoms with Crippen LogP contribution < -0.4 is 9.47 Å². The summed E-state index contributed by atoms with van der Waals surface area (Å²) in [5, 5.41) is 11.4. The fraction of sp³-hybridized carbons (Fsp3) is 0.158. The lowest BCUT2D eigenvalue weighted by molar-refractivity contribution is 0.355. The van der Waals surface area contributed by atoms with Crippen molar-refractivity contribution in [1.29, 1.82) is 0 Å². The molecule has 0 atom stereocenters. The van der Waals surface area contributed by atoms with Crippen LogP contribution >= 0.6 is 12.2 Å². The van der Waals surface area contributed by atoms with Gasteiger partial charge in [-0.2, -0.15) is 10.2 Å². The van der Waals surface area contributed by atoms with Crippen LogP contribution in [0, 0.1) is 4.77 Å². The fourth-order valence-electron chi connectivity index (χ4n) is 2.96. The summed E-state index contributed by atoms with van der Waals surface area (Å²) in [5.74, 6) is 1.98. The van der Waals surface area contributed by atoms with E-state index in [9.17, 15) is 0 Å². The van der Waals surface area contributed by atoms with E-state index in [4.69, 9.17) is 21.7 Å². The lowest BCUT2D eigenvalue weighted by atomic mass is 10.1. The first kappa shape index (κ1) is 17.9. The van der Waals surface area contributed by atoms with E-state index in [0.717, 1.165) is 16.8 Å². The molecule has 1 N–H and O–H groups in total. The van der Waals surface area contributed by atoms with E-state index in [1.165, 1.54) is 6.33 Å². The van der Waals surface area contributed by atoms with Gasteiger partial charge in [0.2, 0.25) is 0 Å². The predicted octanol–water partition coefficient (Wildman–Crippen LogP) is 3.25. The van der Waals surface area contributed by atoms with Crippen LogP contribution in [-0.4, -0.2) is 43.7 Å². The van der Waals surface area contributed by atoms with E-state index in [1.54, 1.807) is 25.2 Å². The second-order valence-electron chi connectivity index (χ2n) is 6.02. The molecule has 0 radical (unpaired) electrons. The van der Waals surface area contributed by atoms with Crippen LogP contribution in [0.5, 0.6) is 11.5 Å². The normalized spacial score (nSPS) is 10.8. The van der Waals surface area contributed by atoms with Gasteiger partial charge in [0.15, 0.2) is 22.1 Å². The van der Waals surface area contributed by atoms with Crippen molar-refractivity contribution in [2.24, 2.45) is 0 Å². The van der Waals surface area contributed by atoms with Crippen LogP contribution in [0.3, 0.4) is 0 Å². The minimum absolute atomic E-state index is 0.508. The van der Waals surface area contributed by atoms with Crippen molar-refractivity contribution in [3.63, 3.8) is 0 Å². The predicted molar refractivity (Wildman–Crippen MR) is 106 cm³/mol. The summed E-state index contributed by atoms with van der Waals surface area (Å²) >= 11 is 5.46. The van der Waals surface area contributed by atoms with Crippen molar-refractivity contribution in [2.75, 3.05) is 14.2 Å². The van der Waals surface area contributed by atoms with Crippen molar-refractivity contribution in [3.8, 4) is 28.6 Å². The maximum Gasteiger partial charge on any atom is 0.200 e. The topological polar surface area (TPSA) is 82.8 Å². The Morgan fingerprint density at radius 1 is 1.04 bits per heavy atom. The first-order valence-corrected chi connectivity index (χ1v) is 8.92. The van der Waals surface area contributed by atoms with E-state index < -0.39 is 0 Å². The molecule has 9 heteroatoms. The molecule has 2 heterocycles. The molecule has 0 aliphatic heterocycles. The molecule has 28 heavy (non-hydrogen) atoms. The molecule has 0 spiro atoms.